The van der Waals surface area contributed by atoms with Crippen molar-refractivity contribution in [2.45, 2.75) is 64.5 Å². The molecule has 0 amide bonds. The summed E-state index contributed by atoms with van der Waals surface area (Å²) in [5, 5.41) is 12.3. The molecule has 0 aromatic carbocycles. The molecule has 1 unspecified atom stereocenters. The van der Waals surface area contributed by atoms with Gasteiger partial charge in [-0.25, -0.2) is 0 Å². The third kappa shape index (κ3) is 4.43. The molecule has 14 heavy (non-hydrogen) atoms. The summed E-state index contributed by atoms with van der Waals surface area (Å²) in [4.78, 5) is 0. The molecule has 0 saturated heterocycles. The lowest BCUT2D eigenvalue weighted by Crippen LogP contribution is -2.36. The van der Waals surface area contributed by atoms with Crippen LogP contribution >= 0.6 is 0 Å². The van der Waals surface area contributed by atoms with Gasteiger partial charge in [0.25, 0.3) is 0 Å². The molecule has 0 aromatic heterocycles. The van der Waals surface area contributed by atoms with E-state index < -0.39 is 0 Å². The zero-order valence-electron chi connectivity index (χ0n) is 9.63. The lowest BCUT2D eigenvalue weighted by Gasteiger charge is -2.19. The molecule has 0 heterocycles. The van der Waals surface area contributed by atoms with Crippen LogP contribution in [0.5, 0.6) is 0 Å². The predicted molar refractivity (Wildman–Crippen MR) is 60.3 cm³/mol. The minimum absolute atomic E-state index is 0.244. The molecule has 1 aliphatic carbocycles. The molecular formula is C12H25NO. The van der Waals surface area contributed by atoms with Crippen LogP contribution in [0.1, 0.15) is 52.4 Å². The maximum absolute atomic E-state index is 8.90. The first-order valence-electron chi connectivity index (χ1n) is 6.09. The van der Waals surface area contributed by atoms with Gasteiger partial charge in [0.05, 0.1) is 6.61 Å². The number of hydrogen-bond acceptors (Lipinski definition) is 2. The van der Waals surface area contributed by atoms with Crippen LogP contribution in [-0.2, 0) is 0 Å². The van der Waals surface area contributed by atoms with Gasteiger partial charge < -0.3 is 10.4 Å². The Kier molecular flexibility index (Phi) is 5.49. The monoisotopic (exact) mass is 199 g/mol. The minimum Gasteiger partial charge on any atom is -0.395 e. The molecule has 0 spiro atoms. The predicted octanol–water partition coefficient (Wildman–Crippen LogP) is 2.32. The zero-order chi connectivity index (χ0) is 10.4. The molecule has 0 radical (unpaired) electrons. The lowest BCUT2D eigenvalue weighted by molar-refractivity contribution is 0.238. The second-order valence-electron chi connectivity index (χ2n) is 4.88. The minimum atomic E-state index is 0.244. The number of nitrogens with one attached hydrogen (secondary N) is 1. The maximum atomic E-state index is 8.90. The Morgan fingerprint density at radius 3 is 2.43 bits per heavy atom. The van der Waals surface area contributed by atoms with Crippen molar-refractivity contribution >= 4 is 0 Å². The van der Waals surface area contributed by atoms with E-state index in [1.54, 1.807) is 0 Å². The van der Waals surface area contributed by atoms with Crippen molar-refractivity contribution in [2.75, 3.05) is 6.61 Å². The van der Waals surface area contributed by atoms with Gasteiger partial charge in [0, 0.05) is 12.1 Å². The summed E-state index contributed by atoms with van der Waals surface area (Å²) in [5.74, 6) is 0.990. The smallest absolute Gasteiger partial charge is 0.0582 e. The first kappa shape index (κ1) is 12.0. The highest BCUT2D eigenvalue weighted by Gasteiger charge is 2.16. The molecular weight excluding hydrogens is 174 g/mol. The number of hydrogen-bond donors (Lipinski definition) is 2. The summed E-state index contributed by atoms with van der Waals surface area (Å²) >= 11 is 0. The van der Waals surface area contributed by atoms with Crippen LogP contribution in [0.4, 0.5) is 0 Å². The molecule has 0 aromatic rings. The van der Waals surface area contributed by atoms with Crippen LogP contribution in [-0.4, -0.2) is 23.8 Å². The fourth-order valence-corrected chi connectivity index (χ4v) is 2.41. The Hall–Kier alpha value is -0.0800. The van der Waals surface area contributed by atoms with Crippen molar-refractivity contribution in [3.63, 3.8) is 0 Å². The molecule has 84 valence electrons. The summed E-state index contributed by atoms with van der Waals surface area (Å²) in [7, 11) is 0. The molecule has 0 bridgehead atoms. The van der Waals surface area contributed by atoms with Crippen LogP contribution in [0, 0.1) is 5.92 Å². The fraction of sp³-hybridized carbons (Fsp3) is 1.00. The van der Waals surface area contributed by atoms with Crippen molar-refractivity contribution in [3.8, 4) is 0 Å². The van der Waals surface area contributed by atoms with Gasteiger partial charge in [-0.3, -0.25) is 0 Å². The van der Waals surface area contributed by atoms with Gasteiger partial charge >= 0.3 is 0 Å². The summed E-state index contributed by atoms with van der Waals surface area (Å²) in [5.41, 5.74) is 0. The molecule has 2 heteroatoms. The summed E-state index contributed by atoms with van der Waals surface area (Å²) in [6.07, 6.45) is 8.41. The number of aliphatic hydroxyl groups excluding tert-OH is 1. The van der Waals surface area contributed by atoms with Crippen molar-refractivity contribution in [1.29, 1.82) is 0 Å². The van der Waals surface area contributed by atoms with E-state index in [-0.39, 0.29) is 12.6 Å². The highest BCUT2D eigenvalue weighted by molar-refractivity contribution is 4.72. The summed E-state index contributed by atoms with van der Waals surface area (Å²) in [6, 6.07) is 0.798. The van der Waals surface area contributed by atoms with E-state index in [1.165, 1.54) is 38.5 Å². The fourth-order valence-electron chi connectivity index (χ4n) is 2.41. The molecule has 1 rings (SSSR count). The normalized spacial score (nSPS) is 22.5. The Bertz CT molecular complexity index is 143. The van der Waals surface area contributed by atoms with E-state index in [0.29, 0.717) is 6.04 Å². The van der Waals surface area contributed by atoms with Gasteiger partial charge in [-0.1, -0.05) is 25.7 Å². The van der Waals surface area contributed by atoms with Gasteiger partial charge in [0.2, 0.25) is 0 Å². The zero-order valence-corrected chi connectivity index (χ0v) is 9.63. The third-order valence-electron chi connectivity index (χ3n) is 3.33. The Morgan fingerprint density at radius 2 is 1.86 bits per heavy atom. The molecule has 2 atom stereocenters. The molecule has 1 saturated carbocycles. The van der Waals surface area contributed by atoms with Gasteiger partial charge in [-0.2, -0.15) is 0 Å². The molecule has 2 N–H and O–H groups in total. The van der Waals surface area contributed by atoms with Crippen molar-refractivity contribution in [1.82, 2.24) is 5.32 Å². The van der Waals surface area contributed by atoms with E-state index in [2.05, 4.69) is 12.2 Å². The van der Waals surface area contributed by atoms with E-state index in [4.69, 9.17) is 5.11 Å². The molecule has 1 fully saturated rings. The van der Waals surface area contributed by atoms with E-state index in [9.17, 15) is 0 Å². The maximum Gasteiger partial charge on any atom is 0.0582 e. The van der Waals surface area contributed by atoms with Crippen LogP contribution < -0.4 is 5.32 Å². The molecule has 2 nitrogen and oxygen atoms in total. The van der Waals surface area contributed by atoms with E-state index >= 15 is 0 Å². The van der Waals surface area contributed by atoms with Gasteiger partial charge in [0.1, 0.15) is 0 Å². The Labute approximate surface area is 88.1 Å². The quantitative estimate of drug-likeness (QED) is 0.688. The van der Waals surface area contributed by atoms with Crippen molar-refractivity contribution in [3.05, 3.63) is 0 Å². The second-order valence-corrected chi connectivity index (χ2v) is 4.88. The first-order valence-corrected chi connectivity index (χ1v) is 6.09. The largest absolute Gasteiger partial charge is 0.395 e. The average Bonchev–Trinajstić information content (AvgIpc) is 2.67. The standard InChI is InChI=1S/C12H25NO/c1-10(13-11(2)9-14)7-8-12-5-3-4-6-12/h10-14H,3-9H2,1-2H3/t10?,11-/m0/s1. The summed E-state index contributed by atoms with van der Waals surface area (Å²) in [6.45, 7) is 4.50. The van der Waals surface area contributed by atoms with Gasteiger partial charge in [-0.15, -0.1) is 0 Å². The van der Waals surface area contributed by atoms with Crippen LogP contribution in [0.3, 0.4) is 0 Å². The molecule has 0 aliphatic heterocycles. The van der Waals surface area contributed by atoms with Crippen molar-refractivity contribution < 1.29 is 5.11 Å². The summed E-state index contributed by atoms with van der Waals surface area (Å²) < 4.78 is 0. The molecule has 1 aliphatic rings. The van der Waals surface area contributed by atoms with Crippen molar-refractivity contribution in [2.24, 2.45) is 5.92 Å². The van der Waals surface area contributed by atoms with E-state index in [1.807, 2.05) is 6.92 Å². The number of rotatable bonds is 6. The van der Waals surface area contributed by atoms with Crippen LogP contribution in [0.2, 0.25) is 0 Å². The number of aliphatic hydroxyl groups is 1. The lowest BCUT2D eigenvalue weighted by atomic mass is 9.99. The van der Waals surface area contributed by atoms with Gasteiger partial charge in [0.15, 0.2) is 0 Å². The first-order chi connectivity index (χ1) is 6.72. The Balaban J connectivity index is 2.04. The highest BCUT2D eigenvalue weighted by atomic mass is 16.3. The van der Waals surface area contributed by atoms with Crippen LogP contribution in [0.25, 0.3) is 0 Å². The third-order valence-corrected chi connectivity index (χ3v) is 3.33. The SMILES string of the molecule is CC(CCC1CCCC1)N[C@@H](C)CO. The Morgan fingerprint density at radius 1 is 1.21 bits per heavy atom. The topological polar surface area (TPSA) is 32.3 Å². The van der Waals surface area contributed by atoms with Gasteiger partial charge in [-0.05, 0) is 32.6 Å². The average molecular weight is 199 g/mol. The van der Waals surface area contributed by atoms with E-state index in [0.717, 1.165) is 5.92 Å². The second kappa shape index (κ2) is 6.41. The van der Waals surface area contributed by atoms with Crippen LogP contribution in [0.15, 0.2) is 0 Å². The highest BCUT2D eigenvalue weighted by Crippen LogP contribution is 2.28.